The number of nitrogens with zero attached hydrogens (tertiary/aromatic N) is 2. The summed E-state index contributed by atoms with van der Waals surface area (Å²) in [5.74, 6) is -0.604. The third kappa shape index (κ3) is 1.75. The third-order valence-corrected chi connectivity index (χ3v) is 2.52. The van der Waals surface area contributed by atoms with Gasteiger partial charge in [-0.1, -0.05) is 18.2 Å². The highest BCUT2D eigenvalue weighted by atomic mass is 16.1. The van der Waals surface area contributed by atoms with Gasteiger partial charge in [0.15, 0.2) is 6.07 Å². The summed E-state index contributed by atoms with van der Waals surface area (Å²) < 4.78 is 2.00. The zero-order chi connectivity index (χ0) is 11.5. The fourth-order valence-corrected chi connectivity index (χ4v) is 1.78. The van der Waals surface area contributed by atoms with Crippen molar-refractivity contribution in [3.05, 3.63) is 36.0 Å². The van der Waals surface area contributed by atoms with Crippen LogP contribution in [0.25, 0.3) is 10.9 Å². The van der Waals surface area contributed by atoms with E-state index in [0.717, 1.165) is 16.5 Å². The molecule has 0 atom stereocenters. The van der Waals surface area contributed by atoms with Gasteiger partial charge in [-0.2, -0.15) is 5.26 Å². The molecule has 2 aromatic rings. The van der Waals surface area contributed by atoms with E-state index in [9.17, 15) is 4.79 Å². The first kappa shape index (κ1) is 10.2. The first-order valence-corrected chi connectivity index (χ1v) is 4.93. The number of nitriles is 1. The molecule has 80 valence electrons. The molecule has 0 aliphatic rings. The summed E-state index contributed by atoms with van der Waals surface area (Å²) in [6.07, 6.45) is 1.96. The minimum atomic E-state index is -0.604. The number of aromatic nitrogens is 1. The molecule has 4 heteroatoms. The Labute approximate surface area is 93.1 Å². The van der Waals surface area contributed by atoms with Crippen molar-refractivity contribution in [3.63, 3.8) is 0 Å². The van der Waals surface area contributed by atoms with Crippen molar-refractivity contribution in [2.24, 2.45) is 7.05 Å². The molecular formula is C12H11N3O. The first-order valence-electron chi connectivity index (χ1n) is 4.93. The molecule has 0 bridgehead atoms. The molecular weight excluding hydrogens is 202 g/mol. The Balaban J connectivity index is 2.32. The van der Waals surface area contributed by atoms with Crippen LogP contribution >= 0.6 is 0 Å². The molecule has 1 amide bonds. The van der Waals surface area contributed by atoms with Crippen LogP contribution in [0.2, 0.25) is 0 Å². The first-order chi connectivity index (χ1) is 7.72. The van der Waals surface area contributed by atoms with Crippen molar-refractivity contribution >= 4 is 16.8 Å². The minimum absolute atomic E-state index is 0.383. The monoisotopic (exact) mass is 213 g/mol. The maximum absolute atomic E-state index is 10.8. The number of fused-ring (bicyclic) bond motifs is 1. The average molecular weight is 213 g/mol. The number of carbonyl (C=O) groups is 1. The number of carbonyl (C=O) groups excluding carboxylic acids is 1. The number of para-hydroxylation sites is 1. The fourth-order valence-electron chi connectivity index (χ4n) is 1.78. The number of nitrogens with one attached hydrogen (secondary N) is 1. The highest BCUT2D eigenvalue weighted by molar-refractivity contribution is 5.91. The maximum Gasteiger partial charge on any atom is 0.322 e. The van der Waals surface area contributed by atoms with E-state index in [1.165, 1.54) is 6.07 Å². The van der Waals surface area contributed by atoms with Gasteiger partial charge in [-0.25, -0.2) is 0 Å². The lowest BCUT2D eigenvalue weighted by Crippen LogP contribution is -2.20. The van der Waals surface area contributed by atoms with Gasteiger partial charge >= 0.3 is 5.91 Å². The summed E-state index contributed by atoms with van der Waals surface area (Å²) in [7, 11) is 1.96. The number of amides is 1. The van der Waals surface area contributed by atoms with Crippen LogP contribution in [0.4, 0.5) is 0 Å². The topological polar surface area (TPSA) is 57.8 Å². The van der Waals surface area contributed by atoms with Gasteiger partial charge in [-0.3, -0.25) is 4.79 Å². The molecule has 1 aromatic heterocycles. The molecule has 16 heavy (non-hydrogen) atoms. The van der Waals surface area contributed by atoms with E-state index in [1.807, 2.05) is 42.1 Å². The Morgan fingerprint density at radius 2 is 2.25 bits per heavy atom. The van der Waals surface area contributed by atoms with Crippen LogP contribution in [0.5, 0.6) is 0 Å². The average Bonchev–Trinajstić information content (AvgIpc) is 2.64. The van der Waals surface area contributed by atoms with Crippen molar-refractivity contribution < 1.29 is 4.79 Å². The van der Waals surface area contributed by atoms with Gasteiger partial charge in [0.25, 0.3) is 0 Å². The summed E-state index contributed by atoms with van der Waals surface area (Å²) in [6, 6.07) is 9.48. The molecule has 0 fully saturated rings. The SMILES string of the molecule is Cn1cc(CNC(=O)C#N)c2ccccc21. The minimum Gasteiger partial charge on any atom is -0.350 e. The van der Waals surface area contributed by atoms with E-state index in [4.69, 9.17) is 5.26 Å². The highest BCUT2D eigenvalue weighted by Gasteiger charge is 2.06. The van der Waals surface area contributed by atoms with Crippen molar-refractivity contribution in [1.29, 1.82) is 5.26 Å². The second-order valence-corrected chi connectivity index (χ2v) is 3.58. The van der Waals surface area contributed by atoms with Crippen LogP contribution in [-0.2, 0) is 18.4 Å². The van der Waals surface area contributed by atoms with E-state index < -0.39 is 5.91 Å². The van der Waals surface area contributed by atoms with Gasteiger partial charge in [-0.15, -0.1) is 0 Å². The molecule has 1 aromatic carbocycles. The van der Waals surface area contributed by atoms with E-state index >= 15 is 0 Å². The summed E-state index contributed by atoms with van der Waals surface area (Å²) in [6.45, 7) is 0.383. The lowest BCUT2D eigenvalue weighted by Gasteiger charge is -1.98. The summed E-state index contributed by atoms with van der Waals surface area (Å²) >= 11 is 0. The van der Waals surface area contributed by atoms with E-state index in [-0.39, 0.29) is 0 Å². The lowest BCUT2D eigenvalue weighted by molar-refractivity contribution is -0.116. The van der Waals surface area contributed by atoms with Crippen LogP contribution in [0.15, 0.2) is 30.5 Å². The number of benzene rings is 1. The largest absolute Gasteiger partial charge is 0.350 e. The number of aryl methyl sites for hydroxylation is 1. The standard InChI is InChI=1S/C12H11N3O/c1-15-8-9(7-14-12(16)6-13)10-4-2-3-5-11(10)15/h2-5,8H,7H2,1H3,(H,14,16). The third-order valence-electron chi connectivity index (χ3n) is 2.52. The summed E-state index contributed by atoms with van der Waals surface area (Å²) in [5, 5.41) is 12.0. The van der Waals surface area contributed by atoms with Crippen molar-refractivity contribution in [1.82, 2.24) is 9.88 Å². The maximum atomic E-state index is 10.8. The number of hydrogen-bond donors (Lipinski definition) is 1. The van der Waals surface area contributed by atoms with Crippen LogP contribution in [-0.4, -0.2) is 10.5 Å². The quantitative estimate of drug-likeness (QED) is 0.765. The normalized spacial score (nSPS) is 10.0. The van der Waals surface area contributed by atoms with Gasteiger partial charge in [0, 0.05) is 30.7 Å². The van der Waals surface area contributed by atoms with Gasteiger partial charge in [0.05, 0.1) is 0 Å². The Hall–Kier alpha value is -2.28. The van der Waals surface area contributed by atoms with Crippen molar-refractivity contribution in [3.8, 4) is 6.07 Å². The molecule has 0 radical (unpaired) electrons. The molecule has 1 heterocycles. The molecule has 1 N–H and O–H groups in total. The van der Waals surface area contributed by atoms with Gasteiger partial charge in [0.1, 0.15) is 0 Å². The van der Waals surface area contributed by atoms with Gasteiger partial charge in [-0.05, 0) is 11.6 Å². The highest BCUT2D eigenvalue weighted by Crippen LogP contribution is 2.19. The lowest BCUT2D eigenvalue weighted by atomic mass is 10.2. The van der Waals surface area contributed by atoms with Crippen LogP contribution in [0.3, 0.4) is 0 Å². The van der Waals surface area contributed by atoms with Crippen LogP contribution in [0.1, 0.15) is 5.56 Å². The van der Waals surface area contributed by atoms with E-state index in [2.05, 4.69) is 5.32 Å². The summed E-state index contributed by atoms with van der Waals surface area (Å²) in [4.78, 5) is 10.8. The molecule has 2 rings (SSSR count). The number of rotatable bonds is 2. The number of hydrogen-bond acceptors (Lipinski definition) is 2. The van der Waals surface area contributed by atoms with Gasteiger partial charge < -0.3 is 9.88 Å². The van der Waals surface area contributed by atoms with E-state index in [1.54, 1.807) is 0 Å². The van der Waals surface area contributed by atoms with Crippen LogP contribution in [0, 0.1) is 11.3 Å². The molecule has 0 spiro atoms. The smallest absolute Gasteiger partial charge is 0.322 e. The fraction of sp³-hybridized carbons (Fsp3) is 0.167. The van der Waals surface area contributed by atoms with Crippen molar-refractivity contribution in [2.75, 3.05) is 0 Å². The molecule has 4 nitrogen and oxygen atoms in total. The molecule has 0 aliphatic heterocycles. The zero-order valence-corrected chi connectivity index (χ0v) is 8.90. The zero-order valence-electron chi connectivity index (χ0n) is 8.90. The second-order valence-electron chi connectivity index (χ2n) is 3.58. The predicted molar refractivity (Wildman–Crippen MR) is 60.4 cm³/mol. The Kier molecular flexibility index (Phi) is 2.61. The van der Waals surface area contributed by atoms with Crippen LogP contribution < -0.4 is 5.32 Å². The Bertz CT molecular complexity index is 577. The van der Waals surface area contributed by atoms with Crippen molar-refractivity contribution in [2.45, 2.75) is 6.54 Å². The molecule has 0 unspecified atom stereocenters. The van der Waals surface area contributed by atoms with Gasteiger partial charge in [0.2, 0.25) is 0 Å². The Morgan fingerprint density at radius 3 is 3.00 bits per heavy atom. The Morgan fingerprint density at radius 1 is 1.50 bits per heavy atom. The molecule has 0 saturated carbocycles. The molecule has 0 aliphatic carbocycles. The summed E-state index contributed by atoms with van der Waals surface area (Å²) in [5.41, 5.74) is 2.13. The second kappa shape index (κ2) is 4.07. The van der Waals surface area contributed by atoms with E-state index in [0.29, 0.717) is 6.54 Å². The molecule has 0 saturated heterocycles. The predicted octanol–water partition coefficient (Wildman–Crippen LogP) is 1.32.